The van der Waals surface area contributed by atoms with Gasteiger partial charge in [0, 0.05) is 10.0 Å². The summed E-state index contributed by atoms with van der Waals surface area (Å²) >= 11 is 3.29. The molecule has 0 fully saturated rings. The lowest BCUT2D eigenvalue weighted by Crippen LogP contribution is -2.16. The molecule has 2 aromatic carbocycles. The molecule has 0 saturated heterocycles. The Hall–Kier alpha value is -1.92. The molecule has 1 aliphatic heterocycles. The lowest BCUT2D eigenvalue weighted by Gasteiger charge is -2.05. The molecule has 22 heavy (non-hydrogen) atoms. The minimum atomic E-state index is -3.84. The second kappa shape index (κ2) is 5.37. The topological polar surface area (TPSA) is 60.4 Å². The molecule has 0 amide bonds. The highest BCUT2D eigenvalue weighted by molar-refractivity contribution is 9.10. The van der Waals surface area contributed by atoms with E-state index in [4.69, 9.17) is 4.74 Å². The van der Waals surface area contributed by atoms with Gasteiger partial charge in [-0.1, -0.05) is 39.7 Å². The molecule has 1 aliphatic rings. The van der Waals surface area contributed by atoms with Gasteiger partial charge in [-0.15, -0.1) is 0 Å². The van der Waals surface area contributed by atoms with Gasteiger partial charge in [0.25, 0.3) is 0 Å². The average Bonchev–Trinajstić information content (AvgIpc) is 2.75. The van der Waals surface area contributed by atoms with Crippen LogP contribution in [-0.4, -0.2) is 14.4 Å². The monoisotopic (exact) mass is 378 g/mol. The van der Waals surface area contributed by atoms with Crippen LogP contribution in [0.25, 0.3) is 6.08 Å². The van der Waals surface area contributed by atoms with Crippen molar-refractivity contribution in [1.29, 1.82) is 0 Å². The van der Waals surface area contributed by atoms with Crippen LogP contribution in [0.2, 0.25) is 0 Å². The molecule has 6 heteroatoms. The van der Waals surface area contributed by atoms with E-state index < -0.39 is 15.8 Å². The van der Waals surface area contributed by atoms with Gasteiger partial charge in [0.2, 0.25) is 9.84 Å². The fourth-order valence-corrected chi connectivity index (χ4v) is 4.25. The van der Waals surface area contributed by atoms with E-state index in [1.165, 1.54) is 12.1 Å². The van der Waals surface area contributed by atoms with Crippen LogP contribution in [0.4, 0.5) is 0 Å². The lowest BCUT2D eigenvalue weighted by atomic mass is 10.2. The van der Waals surface area contributed by atoms with Gasteiger partial charge in [0.15, 0.2) is 4.91 Å². The maximum Gasteiger partial charge on any atom is 0.355 e. The van der Waals surface area contributed by atoms with E-state index in [9.17, 15) is 13.2 Å². The summed E-state index contributed by atoms with van der Waals surface area (Å²) in [4.78, 5) is 12.0. The van der Waals surface area contributed by atoms with Crippen molar-refractivity contribution < 1.29 is 17.9 Å². The fourth-order valence-electron chi connectivity index (χ4n) is 2.15. The number of hydrogen-bond acceptors (Lipinski definition) is 4. The summed E-state index contributed by atoms with van der Waals surface area (Å²) in [6.07, 6.45) is 1.34. The zero-order valence-corrected chi connectivity index (χ0v) is 13.9. The number of carbonyl (C=O) groups excluding carboxylic acids is 1. The first-order valence-corrected chi connectivity index (χ1v) is 8.71. The number of esters is 1. The molecular weight excluding hydrogens is 368 g/mol. The third-order valence-corrected chi connectivity index (χ3v) is 5.79. The molecule has 4 nitrogen and oxygen atoms in total. The molecular formula is C16H11BrO4S. The zero-order chi connectivity index (χ0) is 15.9. The summed E-state index contributed by atoms with van der Waals surface area (Å²) in [6, 6.07) is 11.6. The van der Waals surface area contributed by atoms with Gasteiger partial charge >= 0.3 is 5.97 Å². The first-order chi connectivity index (χ1) is 10.4. The Morgan fingerprint density at radius 1 is 1.09 bits per heavy atom. The van der Waals surface area contributed by atoms with Gasteiger partial charge < -0.3 is 4.74 Å². The van der Waals surface area contributed by atoms with Crippen molar-refractivity contribution >= 4 is 37.8 Å². The van der Waals surface area contributed by atoms with Crippen LogP contribution in [0.1, 0.15) is 11.1 Å². The van der Waals surface area contributed by atoms with Crippen LogP contribution >= 0.6 is 15.9 Å². The smallest absolute Gasteiger partial charge is 0.355 e. The molecule has 0 N–H and O–H groups in total. The molecule has 0 aromatic heterocycles. The third-order valence-electron chi connectivity index (χ3n) is 3.30. The number of hydrogen-bond donors (Lipinski definition) is 0. The van der Waals surface area contributed by atoms with E-state index in [-0.39, 0.29) is 9.80 Å². The molecule has 0 saturated carbocycles. The Balaban J connectivity index is 1.96. The number of fused-ring (bicyclic) bond motifs is 1. The normalized spacial score (nSPS) is 15.1. The van der Waals surface area contributed by atoms with Gasteiger partial charge in [-0.2, -0.15) is 0 Å². The fraction of sp³-hybridized carbons (Fsp3) is 0.0625. The van der Waals surface area contributed by atoms with Gasteiger partial charge in [-0.25, -0.2) is 13.2 Å². The Labute approximate surface area is 136 Å². The van der Waals surface area contributed by atoms with E-state index in [0.717, 1.165) is 5.56 Å². The largest absolute Gasteiger partial charge is 0.422 e. The summed E-state index contributed by atoms with van der Waals surface area (Å²) in [5, 5.41) is 0. The van der Waals surface area contributed by atoms with Crippen molar-refractivity contribution in [3.63, 3.8) is 0 Å². The Bertz CT molecular complexity index is 896. The summed E-state index contributed by atoms with van der Waals surface area (Å²) in [5.41, 5.74) is 1.49. The highest BCUT2D eigenvalue weighted by Crippen LogP contribution is 2.37. The molecule has 1 heterocycles. The van der Waals surface area contributed by atoms with Crippen molar-refractivity contribution in [2.45, 2.75) is 11.8 Å². The maximum atomic E-state index is 12.4. The van der Waals surface area contributed by atoms with Crippen molar-refractivity contribution in [2.75, 3.05) is 0 Å². The molecule has 0 spiro atoms. The number of carbonyl (C=O) groups is 1. The van der Waals surface area contributed by atoms with Crippen LogP contribution in [-0.2, 0) is 14.6 Å². The SMILES string of the molecule is Cc1ccc(OC(=O)C2=Cc3c(Br)cccc3S2(=O)=O)cc1. The molecule has 3 rings (SSSR count). The van der Waals surface area contributed by atoms with Crippen LogP contribution in [0, 0.1) is 6.92 Å². The van der Waals surface area contributed by atoms with Crippen molar-refractivity contribution in [1.82, 2.24) is 0 Å². The van der Waals surface area contributed by atoms with Gasteiger partial charge in [-0.05, 0) is 37.3 Å². The minimum absolute atomic E-state index is 0.109. The predicted molar refractivity (Wildman–Crippen MR) is 86.1 cm³/mol. The number of benzene rings is 2. The second-order valence-electron chi connectivity index (χ2n) is 4.87. The van der Waals surface area contributed by atoms with Crippen LogP contribution < -0.4 is 4.74 Å². The molecule has 0 radical (unpaired) electrons. The highest BCUT2D eigenvalue weighted by atomic mass is 79.9. The summed E-state index contributed by atoms with van der Waals surface area (Å²) < 4.78 is 30.6. The Morgan fingerprint density at radius 3 is 2.41 bits per heavy atom. The quantitative estimate of drug-likeness (QED) is 0.592. The lowest BCUT2D eigenvalue weighted by molar-refractivity contribution is -0.129. The number of halogens is 1. The second-order valence-corrected chi connectivity index (χ2v) is 7.61. The minimum Gasteiger partial charge on any atom is -0.422 e. The highest BCUT2D eigenvalue weighted by Gasteiger charge is 2.36. The molecule has 112 valence electrons. The maximum absolute atomic E-state index is 12.4. The average molecular weight is 379 g/mol. The zero-order valence-electron chi connectivity index (χ0n) is 11.5. The summed E-state index contributed by atoms with van der Waals surface area (Å²) in [5.74, 6) is -0.575. The summed E-state index contributed by atoms with van der Waals surface area (Å²) in [6.45, 7) is 1.91. The summed E-state index contributed by atoms with van der Waals surface area (Å²) in [7, 11) is -3.84. The van der Waals surface area contributed by atoms with Crippen LogP contribution in [0.3, 0.4) is 0 Å². The van der Waals surface area contributed by atoms with Gasteiger partial charge in [-0.3, -0.25) is 0 Å². The number of ether oxygens (including phenoxy) is 1. The van der Waals surface area contributed by atoms with E-state index in [0.29, 0.717) is 15.8 Å². The Kier molecular flexibility index (Phi) is 3.66. The number of rotatable bonds is 2. The van der Waals surface area contributed by atoms with E-state index in [2.05, 4.69) is 15.9 Å². The van der Waals surface area contributed by atoms with Crippen molar-refractivity contribution in [3.8, 4) is 5.75 Å². The first-order valence-electron chi connectivity index (χ1n) is 6.44. The predicted octanol–water partition coefficient (Wildman–Crippen LogP) is 3.49. The van der Waals surface area contributed by atoms with Crippen molar-refractivity contribution in [2.24, 2.45) is 0 Å². The molecule has 2 aromatic rings. The molecule has 0 bridgehead atoms. The third kappa shape index (κ3) is 2.48. The number of sulfone groups is 1. The van der Waals surface area contributed by atoms with Crippen LogP contribution in [0.5, 0.6) is 5.75 Å². The molecule has 0 aliphatic carbocycles. The standard InChI is InChI=1S/C16H11BrO4S/c1-10-5-7-11(8-6-10)21-16(18)15-9-12-13(17)3-2-4-14(12)22(15,19)20/h2-9H,1H3. The first kappa shape index (κ1) is 15.0. The molecule has 0 atom stereocenters. The Morgan fingerprint density at radius 2 is 1.77 bits per heavy atom. The van der Waals surface area contributed by atoms with E-state index in [1.807, 2.05) is 6.92 Å². The number of aryl methyl sites for hydroxylation is 1. The van der Waals surface area contributed by atoms with Gasteiger partial charge in [0.05, 0.1) is 4.90 Å². The van der Waals surface area contributed by atoms with E-state index in [1.54, 1.807) is 36.4 Å². The van der Waals surface area contributed by atoms with E-state index >= 15 is 0 Å². The van der Waals surface area contributed by atoms with Crippen LogP contribution in [0.15, 0.2) is 56.7 Å². The van der Waals surface area contributed by atoms with Gasteiger partial charge in [0.1, 0.15) is 5.75 Å². The van der Waals surface area contributed by atoms with Crippen molar-refractivity contribution in [3.05, 3.63) is 63.0 Å². The molecule has 0 unspecified atom stereocenters.